The van der Waals surface area contributed by atoms with Crippen molar-refractivity contribution in [1.82, 2.24) is 18.7 Å². The van der Waals surface area contributed by atoms with E-state index in [9.17, 15) is 9.59 Å². The van der Waals surface area contributed by atoms with Crippen molar-refractivity contribution in [3.8, 4) is 0 Å². The highest BCUT2D eigenvalue weighted by Crippen LogP contribution is 2.20. The van der Waals surface area contributed by atoms with Crippen molar-refractivity contribution >= 4 is 43.3 Å². The Balaban J connectivity index is 1.70. The van der Waals surface area contributed by atoms with E-state index in [1.807, 2.05) is 29.6 Å². The molecule has 144 valence electrons. The van der Waals surface area contributed by atoms with Crippen LogP contribution in [0.5, 0.6) is 0 Å². The SMILES string of the molecule is O=c1c2sccc2n2c(=O)n(Cc3cccc(Br)c3)nc2n1CC1CCCO1. The number of hydrogen-bond donors (Lipinski definition) is 0. The molecule has 4 heterocycles. The van der Waals surface area contributed by atoms with Crippen LogP contribution in [0.2, 0.25) is 0 Å². The summed E-state index contributed by atoms with van der Waals surface area (Å²) in [6.07, 6.45) is 1.87. The van der Waals surface area contributed by atoms with E-state index in [-0.39, 0.29) is 17.4 Å². The number of halogens is 1. The maximum absolute atomic E-state index is 13.1. The van der Waals surface area contributed by atoms with Crippen molar-refractivity contribution in [2.45, 2.75) is 32.0 Å². The van der Waals surface area contributed by atoms with Gasteiger partial charge in [0.2, 0.25) is 5.78 Å². The number of rotatable bonds is 4. The zero-order chi connectivity index (χ0) is 19.3. The topological polar surface area (TPSA) is 70.5 Å². The van der Waals surface area contributed by atoms with Crippen molar-refractivity contribution in [1.29, 1.82) is 0 Å². The van der Waals surface area contributed by atoms with Crippen LogP contribution in [0.3, 0.4) is 0 Å². The lowest BCUT2D eigenvalue weighted by Crippen LogP contribution is -2.29. The maximum Gasteiger partial charge on any atom is 0.352 e. The van der Waals surface area contributed by atoms with E-state index in [0.717, 1.165) is 22.9 Å². The molecule has 1 unspecified atom stereocenters. The summed E-state index contributed by atoms with van der Waals surface area (Å²) in [6.45, 7) is 1.45. The van der Waals surface area contributed by atoms with Gasteiger partial charge in [0.25, 0.3) is 5.56 Å². The normalized spacial score (nSPS) is 17.1. The second kappa shape index (κ2) is 6.98. The number of ether oxygens (including phenoxy) is 1. The summed E-state index contributed by atoms with van der Waals surface area (Å²) in [5, 5.41) is 6.37. The molecule has 0 saturated carbocycles. The highest BCUT2D eigenvalue weighted by atomic mass is 79.9. The Kier molecular flexibility index (Phi) is 4.45. The van der Waals surface area contributed by atoms with Gasteiger partial charge >= 0.3 is 5.69 Å². The van der Waals surface area contributed by atoms with Gasteiger partial charge in [-0.05, 0) is 42.0 Å². The third-order valence-electron chi connectivity index (χ3n) is 5.02. The van der Waals surface area contributed by atoms with Crippen LogP contribution in [0.15, 0.2) is 49.8 Å². The van der Waals surface area contributed by atoms with E-state index in [4.69, 9.17) is 4.74 Å². The van der Waals surface area contributed by atoms with Gasteiger partial charge in [0.1, 0.15) is 4.70 Å². The molecule has 1 saturated heterocycles. The van der Waals surface area contributed by atoms with E-state index in [2.05, 4.69) is 21.0 Å². The van der Waals surface area contributed by atoms with Gasteiger partial charge in [-0.15, -0.1) is 16.4 Å². The molecule has 1 atom stereocenters. The number of fused-ring (bicyclic) bond motifs is 3. The molecule has 7 nitrogen and oxygen atoms in total. The van der Waals surface area contributed by atoms with E-state index < -0.39 is 0 Å². The highest BCUT2D eigenvalue weighted by Gasteiger charge is 2.22. The van der Waals surface area contributed by atoms with Crippen LogP contribution < -0.4 is 11.2 Å². The van der Waals surface area contributed by atoms with E-state index in [0.29, 0.717) is 35.7 Å². The predicted octanol–water partition coefficient (Wildman–Crippen LogP) is 2.86. The van der Waals surface area contributed by atoms with Gasteiger partial charge in [0, 0.05) is 11.1 Å². The Labute approximate surface area is 171 Å². The lowest BCUT2D eigenvalue weighted by molar-refractivity contribution is 0.0969. The Bertz CT molecular complexity index is 1300. The second-order valence-electron chi connectivity index (χ2n) is 6.89. The molecule has 1 aliphatic heterocycles. The van der Waals surface area contributed by atoms with Crippen LogP contribution >= 0.6 is 27.3 Å². The summed E-state index contributed by atoms with van der Waals surface area (Å²) in [7, 11) is 0. The first-order chi connectivity index (χ1) is 13.6. The molecule has 0 radical (unpaired) electrons. The monoisotopic (exact) mass is 460 g/mol. The van der Waals surface area contributed by atoms with Crippen molar-refractivity contribution < 1.29 is 4.74 Å². The first-order valence-corrected chi connectivity index (χ1v) is 10.7. The lowest BCUT2D eigenvalue weighted by Gasteiger charge is -2.12. The molecule has 3 aromatic heterocycles. The molecule has 5 rings (SSSR count). The zero-order valence-corrected chi connectivity index (χ0v) is 17.3. The quantitative estimate of drug-likeness (QED) is 0.469. The smallest absolute Gasteiger partial charge is 0.352 e. The maximum atomic E-state index is 13.1. The van der Waals surface area contributed by atoms with Crippen LogP contribution in [0, 0.1) is 0 Å². The lowest BCUT2D eigenvalue weighted by atomic mass is 10.2. The van der Waals surface area contributed by atoms with Crippen molar-refractivity contribution in [3.63, 3.8) is 0 Å². The minimum atomic E-state index is -0.250. The molecule has 1 aliphatic rings. The fraction of sp³-hybridized carbons (Fsp3) is 0.316. The van der Waals surface area contributed by atoms with Crippen molar-refractivity contribution in [2.75, 3.05) is 6.61 Å². The Morgan fingerprint density at radius 2 is 2.18 bits per heavy atom. The molecule has 1 aromatic carbocycles. The van der Waals surface area contributed by atoms with E-state index in [1.165, 1.54) is 16.0 Å². The second-order valence-corrected chi connectivity index (χ2v) is 8.72. The summed E-state index contributed by atoms with van der Waals surface area (Å²) in [5.74, 6) is 0.367. The molecular formula is C19H17BrN4O3S. The summed E-state index contributed by atoms with van der Waals surface area (Å²) in [5.41, 5.74) is 1.20. The molecular weight excluding hydrogens is 444 g/mol. The van der Waals surface area contributed by atoms with Gasteiger partial charge < -0.3 is 4.74 Å². The molecule has 4 aromatic rings. The standard InChI is InChI=1S/C19H17BrN4O3S/c20-13-4-1-3-12(9-13)10-23-19(26)24-15-6-8-28-16(15)17(25)22(18(24)21-23)11-14-5-2-7-27-14/h1,3-4,6,8-9,14H,2,5,7,10-11H2. The molecule has 28 heavy (non-hydrogen) atoms. The predicted molar refractivity (Wildman–Crippen MR) is 111 cm³/mol. The Hall–Kier alpha value is -2.23. The third kappa shape index (κ3) is 2.94. The summed E-state index contributed by atoms with van der Waals surface area (Å²) >= 11 is 4.80. The fourth-order valence-electron chi connectivity index (χ4n) is 3.70. The third-order valence-corrected chi connectivity index (χ3v) is 6.40. The Morgan fingerprint density at radius 1 is 1.29 bits per heavy atom. The van der Waals surface area contributed by atoms with Crippen molar-refractivity contribution in [3.05, 3.63) is 66.6 Å². The molecule has 0 spiro atoms. The molecule has 0 aliphatic carbocycles. The number of thiophene rings is 1. The van der Waals surface area contributed by atoms with Crippen LogP contribution in [0.1, 0.15) is 18.4 Å². The summed E-state index contributed by atoms with van der Waals surface area (Å²) in [6, 6.07) is 9.56. The molecule has 0 amide bonds. The van der Waals surface area contributed by atoms with E-state index in [1.54, 1.807) is 15.0 Å². The minimum Gasteiger partial charge on any atom is -0.376 e. The van der Waals surface area contributed by atoms with Gasteiger partial charge in [0.15, 0.2) is 0 Å². The van der Waals surface area contributed by atoms with E-state index >= 15 is 0 Å². The highest BCUT2D eigenvalue weighted by molar-refractivity contribution is 9.10. The summed E-state index contributed by atoms with van der Waals surface area (Å²) in [4.78, 5) is 26.2. The largest absolute Gasteiger partial charge is 0.376 e. The number of benzene rings is 1. The van der Waals surface area contributed by atoms with Crippen LogP contribution in [-0.2, 0) is 17.8 Å². The van der Waals surface area contributed by atoms with Crippen LogP contribution in [0.25, 0.3) is 16.0 Å². The molecule has 1 fully saturated rings. The van der Waals surface area contributed by atoms with Gasteiger partial charge in [-0.1, -0.05) is 28.1 Å². The van der Waals surface area contributed by atoms with Gasteiger partial charge in [0.05, 0.1) is 24.7 Å². The summed E-state index contributed by atoms with van der Waals surface area (Å²) < 4.78 is 11.8. The molecule has 0 N–H and O–H groups in total. The molecule has 9 heteroatoms. The van der Waals surface area contributed by atoms with Crippen molar-refractivity contribution in [2.24, 2.45) is 0 Å². The average molecular weight is 461 g/mol. The van der Waals surface area contributed by atoms with Gasteiger partial charge in [-0.2, -0.15) is 0 Å². The van der Waals surface area contributed by atoms with Gasteiger partial charge in [-0.25, -0.2) is 13.9 Å². The first-order valence-electron chi connectivity index (χ1n) is 9.07. The first kappa shape index (κ1) is 17.8. The fourth-order valence-corrected chi connectivity index (χ4v) is 4.97. The van der Waals surface area contributed by atoms with Gasteiger partial charge in [-0.3, -0.25) is 9.36 Å². The number of aromatic nitrogens is 4. The Morgan fingerprint density at radius 3 is 2.96 bits per heavy atom. The van der Waals surface area contributed by atoms with Crippen LogP contribution in [0.4, 0.5) is 0 Å². The average Bonchev–Trinajstić information content (AvgIpc) is 3.40. The minimum absolute atomic E-state index is 0.0238. The zero-order valence-electron chi connectivity index (χ0n) is 14.9. The van der Waals surface area contributed by atoms with Crippen LogP contribution in [-0.4, -0.2) is 31.5 Å². The number of nitrogens with zero attached hydrogens (tertiary/aromatic N) is 4. The molecule has 0 bridgehead atoms. The number of hydrogen-bond acceptors (Lipinski definition) is 5.